The molecule has 1 aliphatic heterocycles. The van der Waals surface area contributed by atoms with E-state index in [1.807, 2.05) is 32.9 Å². The molecule has 0 bridgehead atoms. The molecule has 2 rings (SSSR count). The van der Waals surface area contributed by atoms with E-state index < -0.39 is 10.0 Å². The van der Waals surface area contributed by atoms with Crippen molar-refractivity contribution in [1.29, 1.82) is 0 Å². The Morgan fingerprint density at radius 2 is 1.86 bits per heavy atom. The van der Waals surface area contributed by atoms with Crippen LogP contribution in [0.15, 0.2) is 29.2 Å². The van der Waals surface area contributed by atoms with Crippen LogP contribution in [0.2, 0.25) is 0 Å². The average molecular weight is 310 g/mol. The number of aryl methyl sites for hydroxylation is 1. The lowest BCUT2D eigenvalue weighted by atomic mass is 9.98. The third-order valence-electron chi connectivity index (χ3n) is 4.15. The summed E-state index contributed by atoms with van der Waals surface area (Å²) >= 11 is 0. The molecule has 4 nitrogen and oxygen atoms in total. The van der Waals surface area contributed by atoms with E-state index >= 15 is 0 Å². The third kappa shape index (κ3) is 3.84. The summed E-state index contributed by atoms with van der Waals surface area (Å²) in [5.41, 5.74) is 0.813. The van der Waals surface area contributed by atoms with Crippen LogP contribution in [-0.2, 0) is 10.0 Å². The molecule has 0 saturated carbocycles. The first kappa shape index (κ1) is 16.5. The average Bonchev–Trinajstić information content (AvgIpc) is 2.45. The molecule has 1 N–H and O–H groups in total. The van der Waals surface area contributed by atoms with Crippen LogP contribution in [-0.4, -0.2) is 38.4 Å². The number of rotatable bonds is 5. The summed E-state index contributed by atoms with van der Waals surface area (Å²) in [4.78, 5) is 0.438. The van der Waals surface area contributed by atoms with Crippen molar-refractivity contribution in [2.75, 3.05) is 19.6 Å². The van der Waals surface area contributed by atoms with Crippen molar-refractivity contribution in [2.24, 2.45) is 5.92 Å². The van der Waals surface area contributed by atoms with Crippen LogP contribution in [0, 0.1) is 12.8 Å². The molecular weight excluding hydrogens is 284 g/mol. The molecule has 1 saturated heterocycles. The second kappa shape index (κ2) is 6.90. The Morgan fingerprint density at radius 1 is 1.24 bits per heavy atom. The standard InChI is InChI=1S/C16H26N2O2S/c1-13(2)18(12-15-8-10-17-11-9-15)21(19,20)16-7-5-4-6-14(16)3/h4-7,13,15,17H,8-12H2,1-3H3. The Morgan fingerprint density at radius 3 is 2.43 bits per heavy atom. The number of sulfonamides is 1. The van der Waals surface area contributed by atoms with Gasteiger partial charge in [0.1, 0.15) is 0 Å². The van der Waals surface area contributed by atoms with E-state index in [0.717, 1.165) is 31.5 Å². The first-order valence-electron chi connectivity index (χ1n) is 7.71. The summed E-state index contributed by atoms with van der Waals surface area (Å²) in [5, 5.41) is 3.33. The Kier molecular flexibility index (Phi) is 5.41. The monoisotopic (exact) mass is 310 g/mol. The second-order valence-corrected chi connectivity index (χ2v) is 7.99. The number of hydrogen-bond donors (Lipinski definition) is 1. The van der Waals surface area contributed by atoms with Gasteiger partial charge in [0, 0.05) is 12.6 Å². The number of benzene rings is 1. The minimum absolute atomic E-state index is 0.0236. The number of nitrogens with zero attached hydrogens (tertiary/aromatic N) is 1. The van der Waals surface area contributed by atoms with Gasteiger partial charge in [0.15, 0.2) is 0 Å². The SMILES string of the molecule is Cc1ccccc1S(=O)(=O)N(CC1CCNCC1)C(C)C. The van der Waals surface area contributed by atoms with Crippen LogP contribution in [0.1, 0.15) is 32.3 Å². The maximum atomic E-state index is 13.0. The van der Waals surface area contributed by atoms with Gasteiger partial charge in [-0.1, -0.05) is 18.2 Å². The highest BCUT2D eigenvalue weighted by Crippen LogP contribution is 2.24. The van der Waals surface area contributed by atoms with Gasteiger partial charge < -0.3 is 5.32 Å². The molecule has 0 aliphatic carbocycles. The van der Waals surface area contributed by atoms with E-state index in [9.17, 15) is 8.42 Å². The van der Waals surface area contributed by atoms with E-state index in [1.54, 1.807) is 16.4 Å². The summed E-state index contributed by atoms with van der Waals surface area (Å²) in [5.74, 6) is 0.451. The Bertz CT molecular complexity index is 563. The van der Waals surface area contributed by atoms with Gasteiger partial charge in [0.2, 0.25) is 10.0 Å². The van der Waals surface area contributed by atoms with Crippen LogP contribution in [0.4, 0.5) is 0 Å². The Balaban J connectivity index is 2.26. The van der Waals surface area contributed by atoms with Crippen molar-refractivity contribution in [3.63, 3.8) is 0 Å². The first-order chi connectivity index (χ1) is 9.93. The van der Waals surface area contributed by atoms with Crippen LogP contribution in [0.3, 0.4) is 0 Å². The van der Waals surface area contributed by atoms with Gasteiger partial charge in [0.25, 0.3) is 0 Å². The molecule has 21 heavy (non-hydrogen) atoms. The van der Waals surface area contributed by atoms with Crippen molar-refractivity contribution in [3.8, 4) is 0 Å². The maximum Gasteiger partial charge on any atom is 0.243 e. The zero-order valence-corrected chi connectivity index (χ0v) is 14.0. The minimum atomic E-state index is -3.42. The minimum Gasteiger partial charge on any atom is -0.317 e. The highest BCUT2D eigenvalue weighted by molar-refractivity contribution is 7.89. The largest absolute Gasteiger partial charge is 0.317 e. The molecule has 1 fully saturated rings. The van der Waals surface area contributed by atoms with Gasteiger partial charge >= 0.3 is 0 Å². The highest BCUT2D eigenvalue weighted by Gasteiger charge is 2.30. The molecule has 0 radical (unpaired) electrons. The van der Waals surface area contributed by atoms with Crippen LogP contribution in [0.5, 0.6) is 0 Å². The van der Waals surface area contributed by atoms with E-state index in [1.165, 1.54) is 0 Å². The summed E-state index contributed by atoms with van der Waals surface area (Å²) in [6, 6.07) is 7.21. The van der Waals surface area contributed by atoms with Gasteiger partial charge in [-0.25, -0.2) is 8.42 Å². The quantitative estimate of drug-likeness (QED) is 0.908. The highest BCUT2D eigenvalue weighted by atomic mass is 32.2. The molecular formula is C16H26N2O2S. The fourth-order valence-corrected chi connectivity index (χ4v) is 4.82. The van der Waals surface area contributed by atoms with E-state index in [4.69, 9.17) is 0 Å². The summed E-state index contributed by atoms with van der Waals surface area (Å²) < 4.78 is 27.6. The van der Waals surface area contributed by atoms with Crippen LogP contribution >= 0.6 is 0 Å². The van der Waals surface area contributed by atoms with Gasteiger partial charge in [-0.15, -0.1) is 0 Å². The summed E-state index contributed by atoms with van der Waals surface area (Å²) in [6.07, 6.45) is 2.10. The molecule has 0 amide bonds. The Labute approximate surface area is 128 Å². The van der Waals surface area contributed by atoms with Gasteiger partial charge in [0.05, 0.1) is 4.90 Å². The number of piperidine rings is 1. The molecule has 1 aliphatic rings. The topological polar surface area (TPSA) is 49.4 Å². The molecule has 0 atom stereocenters. The van der Waals surface area contributed by atoms with E-state index in [2.05, 4.69) is 5.32 Å². The fraction of sp³-hybridized carbons (Fsp3) is 0.625. The first-order valence-corrected chi connectivity index (χ1v) is 9.15. The molecule has 0 spiro atoms. The third-order valence-corrected chi connectivity index (χ3v) is 6.36. The maximum absolute atomic E-state index is 13.0. The Hall–Kier alpha value is -0.910. The number of nitrogens with one attached hydrogen (secondary N) is 1. The van der Waals surface area contributed by atoms with Crippen molar-refractivity contribution >= 4 is 10.0 Å². The predicted octanol–water partition coefficient (Wildman–Crippen LogP) is 2.39. The number of hydrogen-bond acceptors (Lipinski definition) is 3. The molecule has 1 aromatic carbocycles. The van der Waals surface area contributed by atoms with Crippen molar-refractivity contribution in [2.45, 2.75) is 44.6 Å². The van der Waals surface area contributed by atoms with Gasteiger partial charge in [-0.3, -0.25) is 0 Å². The van der Waals surface area contributed by atoms with Crippen molar-refractivity contribution in [1.82, 2.24) is 9.62 Å². The van der Waals surface area contributed by atoms with Crippen LogP contribution in [0.25, 0.3) is 0 Å². The lowest BCUT2D eigenvalue weighted by molar-refractivity contribution is 0.260. The molecule has 0 unspecified atom stereocenters. The molecule has 0 aromatic heterocycles. The second-order valence-electron chi connectivity index (χ2n) is 6.13. The zero-order chi connectivity index (χ0) is 15.5. The van der Waals surface area contributed by atoms with E-state index in [-0.39, 0.29) is 6.04 Å². The fourth-order valence-electron chi connectivity index (χ4n) is 2.88. The van der Waals surface area contributed by atoms with Gasteiger partial charge in [-0.05, 0) is 64.3 Å². The predicted molar refractivity (Wildman–Crippen MR) is 85.8 cm³/mol. The lowest BCUT2D eigenvalue weighted by Gasteiger charge is -2.32. The van der Waals surface area contributed by atoms with Crippen LogP contribution < -0.4 is 5.32 Å². The molecule has 118 valence electrons. The zero-order valence-electron chi connectivity index (χ0n) is 13.2. The van der Waals surface area contributed by atoms with E-state index in [0.29, 0.717) is 17.4 Å². The van der Waals surface area contributed by atoms with Crippen molar-refractivity contribution in [3.05, 3.63) is 29.8 Å². The molecule has 5 heteroatoms. The molecule has 1 aromatic rings. The van der Waals surface area contributed by atoms with Crippen molar-refractivity contribution < 1.29 is 8.42 Å². The lowest BCUT2D eigenvalue weighted by Crippen LogP contribution is -2.43. The normalized spacial score (nSPS) is 17.6. The molecule has 1 heterocycles. The smallest absolute Gasteiger partial charge is 0.243 e. The summed E-state index contributed by atoms with van der Waals surface area (Å²) in [7, 11) is -3.42. The van der Waals surface area contributed by atoms with Gasteiger partial charge in [-0.2, -0.15) is 4.31 Å². The summed E-state index contributed by atoms with van der Waals surface area (Å²) in [6.45, 7) is 8.36.